The first-order chi connectivity index (χ1) is 12.7. The molecular formula is C20H26N2O4S. The lowest BCUT2D eigenvalue weighted by atomic mass is 10.0. The Morgan fingerprint density at radius 3 is 2.56 bits per heavy atom. The summed E-state index contributed by atoms with van der Waals surface area (Å²) in [5, 5.41) is 2.85. The summed E-state index contributed by atoms with van der Waals surface area (Å²) in [6.07, 6.45) is 0. The van der Waals surface area contributed by atoms with Crippen molar-refractivity contribution in [3.05, 3.63) is 59.2 Å². The maximum atomic E-state index is 12.7. The molecule has 0 radical (unpaired) electrons. The number of methoxy groups -OCH3 is 1. The van der Waals surface area contributed by atoms with Gasteiger partial charge in [-0.1, -0.05) is 32.0 Å². The fraction of sp³-hybridized carbons (Fsp3) is 0.350. The average Bonchev–Trinajstić information content (AvgIpc) is 2.62. The fourth-order valence-corrected chi connectivity index (χ4v) is 3.59. The molecule has 1 amide bonds. The number of ether oxygens (including phenoxy) is 1. The van der Waals surface area contributed by atoms with Gasteiger partial charge in [-0.25, -0.2) is 13.1 Å². The van der Waals surface area contributed by atoms with Crippen molar-refractivity contribution in [3.8, 4) is 0 Å². The van der Waals surface area contributed by atoms with Gasteiger partial charge < -0.3 is 10.1 Å². The third-order valence-corrected chi connectivity index (χ3v) is 5.63. The summed E-state index contributed by atoms with van der Waals surface area (Å²) in [6, 6.07) is 12.1. The first-order valence-electron chi connectivity index (χ1n) is 8.75. The Bertz CT molecular complexity index is 908. The minimum Gasteiger partial charge on any atom is -0.383 e. The van der Waals surface area contributed by atoms with E-state index in [1.807, 2.05) is 24.3 Å². The van der Waals surface area contributed by atoms with Crippen molar-refractivity contribution in [2.45, 2.75) is 31.6 Å². The minimum atomic E-state index is -3.71. The Morgan fingerprint density at radius 2 is 1.89 bits per heavy atom. The van der Waals surface area contributed by atoms with Crippen LogP contribution in [-0.2, 0) is 14.8 Å². The molecule has 0 spiro atoms. The number of amides is 1. The number of hydrogen-bond donors (Lipinski definition) is 2. The van der Waals surface area contributed by atoms with Crippen molar-refractivity contribution < 1.29 is 17.9 Å². The molecule has 0 heterocycles. The Labute approximate surface area is 161 Å². The first-order valence-corrected chi connectivity index (χ1v) is 10.2. The van der Waals surface area contributed by atoms with Gasteiger partial charge in [0.25, 0.3) is 5.91 Å². The number of rotatable bonds is 8. The molecule has 2 rings (SSSR count). The summed E-state index contributed by atoms with van der Waals surface area (Å²) in [7, 11) is -2.21. The normalized spacial score (nSPS) is 11.6. The zero-order chi connectivity index (χ0) is 20.0. The monoisotopic (exact) mass is 390 g/mol. The molecular weight excluding hydrogens is 364 g/mol. The van der Waals surface area contributed by atoms with E-state index < -0.39 is 10.0 Å². The smallest absolute Gasteiger partial charge is 0.255 e. The van der Waals surface area contributed by atoms with Crippen LogP contribution in [0.2, 0.25) is 0 Å². The summed E-state index contributed by atoms with van der Waals surface area (Å²) >= 11 is 0. The largest absolute Gasteiger partial charge is 0.383 e. The van der Waals surface area contributed by atoms with Gasteiger partial charge >= 0.3 is 0 Å². The molecule has 0 unspecified atom stereocenters. The van der Waals surface area contributed by atoms with Gasteiger partial charge in [-0.3, -0.25) is 4.79 Å². The molecule has 27 heavy (non-hydrogen) atoms. The highest BCUT2D eigenvalue weighted by molar-refractivity contribution is 7.89. The number of carbonyl (C=O) groups is 1. The molecule has 0 aliphatic rings. The van der Waals surface area contributed by atoms with Gasteiger partial charge in [-0.05, 0) is 48.2 Å². The number of nitrogens with one attached hydrogen (secondary N) is 2. The number of aryl methyl sites for hydroxylation is 1. The molecule has 146 valence electrons. The fourth-order valence-electron chi connectivity index (χ4n) is 2.55. The molecule has 0 saturated heterocycles. The van der Waals surface area contributed by atoms with Gasteiger partial charge in [0.15, 0.2) is 0 Å². The maximum absolute atomic E-state index is 12.7. The van der Waals surface area contributed by atoms with Crippen molar-refractivity contribution >= 4 is 21.6 Å². The lowest BCUT2D eigenvalue weighted by Crippen LogP contribution is -2.27. The number of sulfonamides is 1. The van der Waals surface area contributed by atoms with Crippen LogP contribution in [0.3, 0.4) is 0 Å². The molecule has 6 nitrogen and oxygen atoms in total. The van der Waals surface area contributed by atoms with E-state index in [1.54, 1.807) is 13.0 Å². The molecule has 2 aromatic carbocycles. The first kappa shape index (κ1) is 21.1. The van der Waals surface area contributed by atoms with Gasteiger partial charge in [0.2, 0.25) is 10.0 Å². The van der Waals surface area contributed by atoms with Crippen molar-refractivity contribution in [2.75, 3.05) is 25.6 Å². The third kappa shape index (κ3) is 5.63. The second-order valence-electron chi connectivity index (χ2n) is 6.60. The van der Waals surface area contributed by atoms with E-state index in [-0.39, 0.29) is 24.0 Å². The lowest BCUT2D eigenvalue weighted by Gasteiger charge is -2.12. The molecule has 2 N–H and O–H groups in total. The van der Waals surface area contributed by atoms with Crippen molar-refractivity contribution in [3.63, 3.8) is 0 Å². The molecule has 0 aliphatic carbocycles. The van der Waals surface area contributed by atoms with E-state index in [2.05, 4.69) is 23.9 Å². The van der Waals surface area contributed by atoms with Crippen LogP contribution in [0, 0.1) is 6.92 Å². The van der Waals surface area contributed by atoms with Crippen molar-refractivity contribution in [2.24, 2.45) is 0 Å². The zero-order valence-corrected chi connectivity index (χ0v) is 16.9. The molecule has 0 bridgehead atoms. The number of carbonyl (C=O) groups excluding carboxylic acids is 1. The predicted octanol–water partition coefficient (Wildman–Crippen LogP) is 3.30. The zero-order valence-electron chi connectivity index (χ0n) is 16.1. The molecule has 2 aromatic rings. The van der Waals surface area contributed by atoms with Gasteiger partial charge in [0.05, 0.1) is 11.5 Å². The molecule has 0 aliphatic heterocycles. The number of hydrogen-bond acceptors (Lipinski definition) is 4. The summed E-state index contributed by atoms with van der Waals surface area (Å²) in [5.41, 5.74) is 2.81. The highest BCUT2D eigenvalue weighted by Crippen LogP contribution is 2.21. The summed E-state index contributed by atoms with van der Waals surface area (Å²) in [6.45, 7) is 6.36. The highest BCUT2D eigenvalue weighted by atomic mass is 32.2. The van der Waals surface area contributed by atoms with Crippen LogP contribution in [-0.4, -0.2) is 34.6 Å². The van der Waals surface area contributed by atoms with Crippen LogP contribution >= 0.6 is 0 Å². The van der Waals surface area contributed by atoms with E-state index in [1.165, 1.54) is 19.2 Å². The minimum absolute atomic E-state index is 0.0466. The Kier molecular flexibility index (Phi) is 7.12. The Hall–Kier alpha value is -2.22. The lowest BCUT2D eigenvalue weighted by molar-refractivity contribution is 0.102. The van der Waals surface area contributed by atoms with Crippen LogP contribution in [0.5, 0.6) is 0 Å². The third-order valence-electron chi connectivity index (χ3n) is 4.17. The molecule has 0 atom stereocenters. The van der Waals surface area contributed by atoms with Crippen LogP contribution in [0.1, 0.15) is 41.3 Å². The van der Waals surface area contributed by atoms with Crippen LogP contribution in [0.4, 0.5) is 5.69 Å². The number of anilines is 1. The summed E-state index contributed by atoms with van der Waals surface area (Å²) in [5.74, 6) is -0.00224. The quantitative estimate of drug-likeness (QED) is 0.678. The number of benzene rings is 2. The van der Waals surface area contributed by atoms with Crippen LogP contribution in [0.15, 0.2) is 47.4 Å². The van der Waals surface area contributed by atoms with E-state index in [4.69, 9.17) is 4.74 Å². The molecule has 0 saturated carbocycles. The topological polar surface area (TPSA) is 84.5 Å². The van der Waals surface area contributed by atoms with E-state index in [9.17, 15) is 13.2 Å². The van der Waals surface area contributed by atoms with Gasteiger partial charge in [-0.15, -0.1) is 0 Å². The van der Waals surface area contributed by atoms with E-state index >= 15 is 0 Å². The summed E-state index contributed by atoms with van der Waals surface area (Å²) < 4.78 is 32.0. The average molecular weight is 391 g/mol. The maximum Gasteiger partial charge on any atom is 0.255 e. The van der Waals surface area contributed by atoms with E-state index in [0.29, 0.717) is 22.7 Å². The Balaban J connectivity index is 2.25. The van der Waals surface area contributed by atoms with Crippen molar-refractivity contribution in [1.29, 1.82) is 0 Å². The second-order valence-corrected chi connectivity index (χ2v) is 8.37. The van der Waals surface area contributed by atoms with Gasteiger partial charge in [0, 0.05) is 24.9 Å². The molecule has 0 fully saturated rings. The highest BCUT2D eigenvalue weighted by Gasteiger charge is 2.18. The SMILES string of the molecule is COCCNS(=O)(=O)c1ccc(C)c(C(=O)Nc2cccc(C(C)C)c2)c1. The van der Waals surface area contributed by atoms with Crippen LogP contribution < -0.4 is 10.0 Å². The van der Waals surface area contributed by atoms with Gasteiger partial charge in [-0.2, -0.15) is 0 Å². The second kappa shape index (κ2) is 9.12. The van der Waals surface area contributed by atoms with Crippen molar-refractivity contribution in [1.82, 2.24) is 4.72 Å². The summed E-state index contributed by atoms with van der Waals surface area (Å²) in [4.78, 5) is 12.8. The van der Waals surface area contributed by atoms with Gasteiger partial charge in [0.1, 0.15) is 0 Å². The van der Waals surface area contributed by atoms with E-state index in [0.717, 1.165) is 5.56 Å². The Morgan fingerprint density at radius 1 is 1.15 bits per heavy atom. The predicted molar refractivity (Wildman–Crippen MR) is 107 cm³/mol. The standard InChI is InChI=1S/C20H26N2O4S/c1-14(2)16-6-5-7-17(12-16)22-20(23)19-13-18(9-8-15(19)3)27(24,25)21-10-11-26-4/h5-9,12-14,21H,10-11H2,1-4H3,(H,22,23). The molecule has 7 heteroatoms. The molecule has 0 aromatic heterocycles. The van der Waals surface area contributed by atoms with Crippen LogP contribution in [0.25, 0.3) is 0 Å².